The minimum atomic E-state index is -1.55. The standard InChI is InChI=1S/C42H81NO8/c1-3-5-7-9-11-13-15-16-17-18-19-20-21-22-24-26-28-30-32-38(46)43-35(34-50-42-41(49)40(48)39(47)37(33-44)51-42)36(45)31-29-27-25-23-14-12-10-8-6-4-2/h19-20,35-37,39-42,44-45,47-49H,3-18,21-34H2,1-2H3,(H,43,46)/b20-19-. The number of ether oxygens (including phenoxy) is 2. The summed E-state index contributed by atoms with van der Waals surface area (Å²) < 4.78 is 11.2. The lowest BCUT2D eigenvalue weighted by atomic mass is 9.99. The van der Waals surface area contributed by atoms with Crippen molar-refractivity contribution in [3.8, 4) is 0 Å². The number of aliphatic hydroxyl groups is 5. The molecule has 1 rings (SSSR count). The van der Waals surface area contributed by atoms with E-state index in [1.165, 1.54) is 116 Å². The predicted molar refractivity (Wildman–Crippen MR) is 207 cm³/mol. The van der Waals surface area contributed by atoms with E-state index >= 15 is 0 Å². The van der Waals surface area contributed by atoms with Crippen molar-refractivity contribution in [1.29, 1.82) is 0 Å². The van der Waals surface area contributed by atoms with Crippen LogP contribution in [0.4, 0.5) is 0 Å². The van der Waals surface area contributed by atoms with Crippen LogP contribution in [0, 0.1) is 0 Å². The van der Waals surface area contributed by atoms with E-state index < -0.39 is 49.5 Å². The van der Waals surface area contributed by atoms with Crippen LogP contribution in [0.2, 0.25) is 0 Å². The number of aliphatic hydroxyl groups excluding tert-OH is 5. The zero-order valence-electron chi connectivity index (χ0n) is 32.9. The lowest BCUT2D eigenvalue weighted by Crippen LogP contribution is -2.60. The fourth-order valence-corrected chi connectivity index (χ4v) is 6.86. The van der Waals surface area contributed by atoms with E-state index in [0.717, 1.165) is 51.4 Å². The van der Waals surface area contributed by atoms with Crippen molar-refractivity contribution >= 4 is 5.91 Å². The summed E-state index contributed by atoms with van der Waals surface area (Å²) in [7, 11) is 0. The first-order valence-corrected chi connectivity index (χ1v) is 21.4. The zero-order valence-corrected chi connectivity index (χ0v) is 32.9. The van der Waals surface area contributed by atoms with Crippen LogP contribution in [-0.4, -0.2) is 87.5 Å². The van der Waals surface area contributed by atoms with Gasteiger partial charge in [-0.1, -0.05) is 161 Å². The maximum absolute atomic E-state index is 12.9. The van der Waals surface area contributed by atoms with Gasteiger partial charge in [-0.25, -0.2) is 0 Å². The molecule has 6 N–H and O–H groups in total. The van der Waals surface area contributed by atoms with Gasteiger partial charge < -0.3 is 40.3 Å². The fourth-order valence-electron chi connectivity index (χ4n) is 6.86. The van der Waals surface area contributed by atoms with Gasteiger partial charge in [0.1, 0.15) is 24.4 Å². The van der Waals surface area contributed by atoms with Crippen molar-refractivity contribution in [3.63, 3.8) is 0 Å². The molecule has 9 nitrogen and oxygen atoms in total. The molecule has 0 spiro atoms. The molecular weight excluding hydrogens is 646 g/mol. The molecule has 51 heavy (non-hydrogen) atoms. The quantitative estimate of drug-likeness (QED) is 0.0283. The zero-order chi connectivity index (χ0) is 37.4. The molecular formula is C42H81NO8. The Labute approximate surface area is 312 Å². The van der Waals surface area contributed by atoms with Crippen molar-refractivity contribution in [2.45, 2.75) is 236 Å². The van der Waals surface area contributed by atoms with Crippen LogP contribution in [0.1, 0.15) is 194 Å². The normalized spacial score (nSPS) is 22.1. The van der Waals surface area contributed by atoms with Crippen LogP contribution in [-0.2, 0) is 14.3 Å². The van der Waals surface area contributed by atoms with Crippen molar-refractivity contribution in [3.05, 3.63) is 12.2 Å². The number of hydrogen-bond donors (Lipinski definition) is 6. The highest BCUT2D eigenvalue weighted by Crippen LogP contribution is 2.23. The molecule has 1 amide bonds. The predicted octanol–water partition coefficient (Wildman–Crippen LogP) is 8.17. The van der Waals surface area contributed by atoms with Crippen molar-refractivity contribution in [2.24, 2.45) is 0 Å². The van der Waals surface area contributed by atoms with Crippen LogP contribution in [0.25, 0.3) is 0 Å². The number of carbonyl (C=O) groups excluding carboxylic acids is 1. The van der Waals surface area contributed by atoms with Gasteiger partial charge in [0.05, 0.1) is 25.4 Å². The van der Waals surface area contributed by atoms with E-state index in [0.29, 0.717) is 12.8 Å². The lowest BCUT2D eigenvalue weighted by molar-refractivity contribution is -0.302. The van der Waals surface area contributed by atoms with Crippen LogP contribution in [0.15, 0.2) is 12.2 Å². The molecule has 1 fully saturated rings. The van der Waals surface area contributed by atoms with Gasteiger partial charge in [-0.2, -0.15) is 0 Å². The number of allylic oxidation sites excluding steroid dienone is 2. The molecule has 1 heterocycles. The summed E-state index contributed by atoms with van der Waals surface area (Å²) in [5.41, 5.74) is 0. The second kappa shape index (κ2) is 33.5. The molecule has 0 bridgehead atoms. The molecule has 1 aliphatic rings. The average molecular weight is 728 g/mol. The van der Waals surface area contributed by atoms with Crippen molar-refractivity contribution < 1.29 is 39.8 Å². The monoisotopic (exact) mass is 728 g/mol. The maximum Gasteiger partial charge on any atom is 0.220 e. The summed E-state index contributed by atoms with van der Waals surface area (Å²) in [5, 5.41) is 54.1. The minimum Gasteiger partial charge on any atom is -0.394 e. The Balaban J connectivity index is 2.33. The Morgan fingerprint density at radius 1 is 0.647 bits per heavy atom. The molecule has 7 unspecified atom stereocenters. The van der Waals surface area contributed by atoms with E-state index in [4.69, 9.17) is 9.47 Å². The second-order valence-electron chi connectivity index (χ2n) is 15.1. The largest absolute Gasteiger partial charge is 0.394 e. The molecule has 0 aromatic carbocycles. The van der Waals surface area contributed by atoms with Gasteiger partial charge >= 0.3 is 0 Å². The lowest BCUT2D eigenvalue weighted by Gasteiger charge is -2.40. The molecule has 0 aromatic heterocycles. The number of amides is 1. The summed E-state index contributed by atoms with van der Waals surface area (Å²) in [4.78, 5) is 12.9. The molecule has 1 saturated heterocycles. The van der Waals surface area contributed by atoms with Gasteiger partial charge in [0, 0.05) is 6.42 Å². The van der Waals surface area contributed by atoms with E-state index in [1.807, 2.05) is 0 Å². The van der Waals surface area contributed by atoms with E-state index in [-0.39, 0.29) is 12.5 Å². The molecule has 0 aromatic rings. The van der Waals surface area contributed by atoms with E-state index in [1.54, 1.807) is 0 Å². The van der Waals surface area contributed by atoms with Crippen LogP contribution in [0.3, 0.4) is 0 Å². The number of rotatable bonds is 35. The average Bonchev–Trinajstić information content (AvgIpc) is 3.13. The first-order chi connectivity index (χ1) is 24.8. The fraction of sp³-hybridized carbons (Fsp3) is 0.929. The van der Waals surface area contributed by atoms with Crippen LogP contribution < -0.4 is 5.32 Å². The number of unbranched alkanes of at least 4 members (excludes halogenated alkanes) is 23. The Bertz CT molecular complexity index is 812. The highest BCUT2D eigenvalue weighted by atomic mass is 16.7. The Morgan fingerprint density at radius 3 is 1.59 bits per heavy atom. The molecule has 9 heteroatoms. The molecule has 1 aliphatic heterocycles. The van der Waals surface area contributed by atoms with Crippen molar-refractivity contribution in [2.75, 3.05) is 13.2 Å². The van der Waals surface area contributed by atoms with Crippen LogP contribution >= 0.6 is 0 Å². The minimum absolute atomic E-state index is 0.139. The molecule has 302 valence electrons. The van der Waals surface area contributed by atoms with Gasteiger partial charge in [0.25, 0.3) is 0 Å². The first-order valence-electron chi connectivity index (χ1n) is 21.4. The van der Waals surface area contributed by atoms with Gasteiger partial charge in [-0.05, 0) is 38.5 Å². The Morgan fingerprint density at radius 2 is 1.10 bits per heavy atom. The third-order valence-electron chi connectivity index (χ3n) is 10.4. The SMILES string of the molecule is CCCCCCCCCCC/C=C\CCCCCCCC(=O)NC(COC1OC(CO)C(O)C(O)C1O)C(O)CCCCCCCCCCCC. The van der Waals surface area contributed by atoms with Gasteiger partial charge in [0.2, 0.25) is 5.91 Å². The Hall–Kier alpha value is -1.07. The molecule has 0 radical (unpaired) electrons. The van der Waals surface area contributed by atoms with Crippen molar-refractivity contribution in [1.82, 2.24) is 5.32 Å². The topological polar surface area (TPSA) is 149 Å². The summed E-state index contributed by atoms with van der Waals surface area (Å²) >= 11 is 0. The van der Waals surface area contributed by atoms with E-state index in [9.17, 15) is 30.3 Å². The second-order valence-corrected chi connectivity index (χ2v) is 15.1. The Kier molecular flexibility index (Phi) is 31.5. The summed E-state index contributed by atoms with van der Waals surface area (Å²) in [5.74, 6) is -0.154. The van der Waals surface area contributed by atoms with Gasteiger partial charge in [-0.15, -0.1) is 0 Å². The number of nitrogens with one attached hydrogen (secondary N) is 1. The summed E-state index contributed by atoms with van der Waals surface area (Å²) in [6.45, 7) is 3.80. The third kappa shape index (κ3) is 24.8. The molecule has 0 aliphatic carbocycles. The highest BCUT2D eigenvalue weighted by molar-refractivity contribution is 5.76. The first kappa shape index (κ1) is 48.0. The molecule has 7 atom stereocenters. The maximum atomic E-state index is 12.9. The number of hydrogen-bond acceptors (Lipinski definition) is 8. The summed E-state index contributed by atoms with van der Waals surface area (Å²) in [6.07, 6.45) is 29.3. The smallest absolute Gasteiger partial charge is 0.220 e. The van der Waals surface area contributed by atoms with Gasteiger partial charge in [-0.3, -0.25) is 4.79 Å². The third-order valence-corrected chi connectivity index (χ3v) is 10.4. The highest BCUT2D eigenvalue weighted by Gasteiger charge is 2.44. The van der Waals surface area contributed by atoms with E-state index in [2.05, 4.69) is 31.3 Å². The summed E-state index contributed by atoms with van der Waals surface area (Å²) in [6, 6.07) is -0.717. The molecule has 0 saturated carbocycles. The number of carbonyl (C=O) groups is 1. The van der Waals surface area contributed by atoms with Crippen LogP contribution in [0.5, 0.6) is 0 Å². The van der Waals surface area contributed by atoms with Gasteiger partial charge in [0.15, 0.2) is 6.29 Å².